The summed E-state index contributed by atoms with van der Waals surface area (Å²) in [5.41, 5.74) is 0. The van der Waals surface area contributed by atoms with Crippen LogP contribution in [0.25, 0.3) is 0 Å². The second-order valence-electron chi connectivity index (χ2n) is 6.43. The first kappa shape index (κ1) is 16.2. The maximum atomic E-state index is 12.6. The zero-order valence-electron chi connectivity index (χ0n) is 12.9. The molecular formula is C14H25N3O4S. The summed E-state index contributed by atoms with van der Waals surface area (Å²) in [5, 5.41) is 3.06. The topological polar surface area (TPSA) is 79.0 Å². The predicted octanol–water partition coefficient (Wildman–Crippen LogP) is -0.751. The summed E-state index contributed by atoms with van der Waals surface area (Å²) in [4.78, 5) is 13.9. The molecule has 0 aromatic rings. The summed E-state index contributed by atoms with van der Waals surface area (Å²) in [7, 11) is -3.26. The Labute approximate surface area is 132 Å². The molecule has 1 N–H and O–H groups in total. The van der Waals surface area contributed by atoms with Crippen LogP contribution in [0.1, 0.15) is 19.3 Å². The van der Waals surface area contributed by atoms with Crippen LogP contribution in [0, 0.1) is 5.92 Å². The number of nitrogens with one attached hydrogen (secondary N) is 1. The molecule has 1 amide bonds. The lowest BCUT2D eigenvalue weighted by atomic mass is 10.1. The Kier molecular flexibility index (Phi) is 5.01. The van der Waals surface area contributed by atoms with Gasteiger partial charge in [-0.2, -0.15) is 4.31 Å². The van der Waals surface area contributed by atoms with Crippen molar-refractivity contribution in [1.29, 1.82) is 0 Å². The highest BCUT2D eigenvalue weighted by Crippen LogP contribution is 2.22. The van der Waals surface area contributed by atoms with Gasteiger partial charge in [0, 0.05) is 38.8 Å². The minimum absolute atomic E-state index is 0.0259. The number of nitrogens with zero attached hydrogens (tertiary/aromatic N) is 2. The van der Waals surface area contributed by atoms with Crippen LogP contribution >= 0.6 is 0 Å². The molecule has 3 rings (SSSR count). The van der Waals surface area contributed by atoms with Crippen molar-refractivity contribution >= 4 is 15.9 Å². The molecular weight excluding hydrogens is 306 g/mol. The molecule has 0 aliphatic carbocycles. The van der Waals surface area contributed by atoms with E-state index in [1.54, 1.807) is 4.31 Å². The Morgan fingerprint density at radius 2 is 2.14 bits per heavy atom. The predicted molar refractivity (Wildman–Crippen MR) is 81.9 cm³/mol. The summed E-state index contributed by atoms with van der Waals surface area (Å²) < 4.78 is 32.1. The van der Waals surface area contributed by atoms with Gasteiger partial charge in [0.25, 0.3) is 0 Å². The molecule has 2 unspecified atom stereocenters. The summed E-state index contributed by atoms with van der Waals surface area (Å²) in [6, 6.07) is 0.0259. The fourth-order valence-electron chi connectivity index (χ4n) is 3.55. The summed E-state index contributed by atoms with van der Waals surface area (Å²) in [6.45, 7) is 4.06. The van der Waals surface area contributed by atoms with Crippen molar-refractivity contribution < 1.29 is 17.9 Å². The van der Waals surface area contributed by atoms with Crippen LogP contribution in [0.15, 0.2) is 0 Å². The molecule has 0 spiro atoms. The zero-order valence-corrected chi connectivity index (χ0v) is 13.7. The number of carbonyl (C=O) groups excluding carboxylic acids is 1. The van der Waals surface area contributed by atoms with E-state index in [-0.39, 0.29) is 23.6 Å². The van der Waals surface area contributed by atoms with Crippen LogP contribution < -0.4 is 5.32 Å². The number of amides is 1. The van der Waals surface area contributed by atoms with E-state index in [1.807, 2.05) is 4.90 Å². The van der Waals surface area contributed by atoms with E-state index in [0.29, 0.717) is 39.4 Å². The first-order valence-corrected chi connectivity index (χ1v) is 9.73. The number of rotatable bonds is 4. The van der Waals surface area contributed by atoms with Gasteiger partial charge < -0.3 is 15.0 Å². The quantitative estimate of drug-likeness (QED) is 0.733. The number of piperazine rings is 1. The number of hydrogen-bond donors (Lipinski definition) is 1. The highest BCUT2D eigenvalue weighted by atomic mass is 32.2. The van der Waals surface area contributed by atoms with Crippen LogP contribution in [0.2, 0.25) is 0 Å². The van der Waals surface area contributed by atoms with E-state index in [0.717, 1.165) is 25.8 Å². The first-order chi connectivity index (χ1) is 10.6. The van der Waals surface area contributed by atoms with Gasteiger partial charge in [-0.05, 0) is 25.2 Å². The third-order valence-corrected chi connectivity index (χ3v) is 6.80. The monoisotopic (exact) mass is 331 g/mol. The van der Waals surface area contributed by atoms with E-state index >= 15 is 0 Å². The van der Waals surface area contributed by atoms with Gasteiger partial charge in [-0.3, -0.25) is 4.79 Å². The average Bonchev–Trinajstić information content (AvgIpc) is 3.00. The standard InChI is InChI=1S/C14H25N3O4S/c18-14-8-15-4-6-17(14)13-2-1-5-16(9-13)22(19,20)11-12-3-7-21-10-12/h12-13,15H,1-11H2. The molecule has 8 heteroatoms. The summed E-state index contributed by atoms with van der Waals surface area (Å²) in [6.07, 6.45) is 2.54. The molecule has 2 atom stereocenters. The smallest absolute Gasteiger partial charge is 0.236 e. The van der Waals surface area contributed by atoms with E-state index in [2.05, 4.69) is 5.32 Å². The summed E-state index contributed by atoms with van der Waals surface area (Å²) in [5.74, 6) is 0.376. The van der Waals surface area contributed by atoms with Gasteiger partial charge in [-0.1, -0.05) is 0 Å². The maximum absolute atomic E-state index is 12.6. The molecule has 3 heterocycles. The SMILES string of the molecule is O=C1CNCCN1C1CCCN(S(=O)(=O)CC2CCOC2)C1. The van der Waals surface area contributed by atoms with Crippen LogP contribution in [0.3, 0.4) is 0 Å². The Morgan fingerprint density at radius 1 is 1.27 bits per heavy atom. The third-order valence-electron chi connectivity index (χ3n) is 4.79. The molecule has 0 bridgehead atoms. The van der Waals surface area contributed by atoms with Gasteiger partial charge in [-0.15, -0.1) is 0 Å². The van der Waals surface area contributed by atoms with E-state index in [9.17, 15) is 13.2 Å². The van der Waals surface area contributed by atoms with Crippen molar-refractivity contribution in [2.24, 2.45) is 5.92 Å². The number of hydrogen-bond acceptors (Lipinski definition) is 5. The average molecular weight is 331 g/mol. The fourth-order valence-corrected chi connectivity index (χ4v) is 5.43. The minimum atomic E-state index is -3.26. The van der Waals surface area contributed by atoms with Crippen molar-refractivity contribution in [2.45, 2.75) is 25.3 Å². The van der Waals surface area contributed by atoms with Gasteiger partial charge in [0.2, 0.25) is 15.9 Å². The van der Waals surface area contributed by atoms with Gasteiger partial charge in [0.15, 0.2) is 0 Å². The van der Waals surface area contributed by atoms with Crippen LogP contribution in [-0.2, 0) is 19.6 Å². The van der Waals surface area contributed by atoms with E-state index < -0.39 is 10.0 Å². The molecule has 0 aromatic heterocycles. The minimum Gasteiger partial charge on any atom is -0.381 e. The molecule has 0 saturated carbocycles. The normalized spacial score (nSPS) is 31.6. The number of ether oxygens (including phenoxy) is 1. The molecule has 22 heavy (non-hydrogen) atoms. The van der Waals surface area contributed by atoms with Crippen molar-refractivity contribution in [1.82, 2.24) is 14.5 Å². The highest BCUT2D eigenvalue weighted by molar-refractivity contribution is 7.89. The summed E-state index contributed by atoms with van der Waals surface area (Å²) >= 11 is 0. The lowest BCUT2D eigenvalue weighted by Crippen LogP contribution is -2.57. The van der Waals surface area contributed by atoms with E-state index in [1.165, 1.54) is 0 Å². The molecule has 3 saturated heterocycles. The molecule has 3 fully saturated rings. The Balaban J connectivity index is 1.62. The zero-order chi connectivity index (χ0) is 15.6. The maximum Gasteiger partial charge on any atom is 0.236 e. The van der Waals surface area contributed by atoms with Crippen LogP contribution in [-0.4, -0.2) is 81.3 Å². The number of carbonyl (C=O) groups is 1. The van der Waals surface area contributed by atoms with Crippen molar-refractivity contribution in [3.05, 3.63) is 0 Å². The van der Waals surface area contributed by atoms with Crippen molar-refractivity contribution in [3.8, 4) is 0 Å². The lowest BCUT2D eigenvalue weighted by molar-refractivity contribution is -0.135. The fraction of sp³-hybridized carbons (Fsp3) is 0.929. The largest absolute Gasteiger partial charge is 0.381 e. The third kappa shape index (κ3) is 3.61. The molecule has 126 valence electrons. The second-order valence-corrected chi connectivity index (χ2v) is 8.44. The van der Waals surface area contributed by atoms with Crippen LogP contribution in [0.4, 0.5) is 0 Å². The number of sulfonamides is 1. The molecule has 7 nitrogen and oxygen atoms in total. The Bertz CT molecular complexity index is 504. The second kappa shape index (κ2) is 6.82. The molecule has 3 aliphatic rings. The Hall–Kier alpha value is -0.700. The molecule has 0 radical (unpaired) electrons. The van der Waals surface area contributed by atoms with Crippen molar-refractivity contribution in [3.63, 3.8) is 0 Å². The van der Waals surface area contributed by atoms with Gasteiger partial charge >= 0.3 is 0 Å². The molecule has 3 aliphatic heterocycles. The Morgan fingerprint density at radius 3 is 2.86 bits per heavy atom. The van der Waals surface area contributed by atoms with Crippen molar-refractivity contribution in [2.75, 3.05) is 51.7 Å². The first-order valence-electron chi connectivity index (χ1n) is 8.12. The lowest BCUT2D eigenvalue weighted by Gasteiger charge is -2.40. The van der Waals surface area contributed by atoms with E-state index in [4.69, 9.17) is 4.74 Å². The highest BCUT2D eigenvalue weighted by Gasteiger charge is 2.35. The van der Waals surface area contributed by atoms with Gasteiger partial charge in [0.1, 0.15) is 0 Å². The van der Waals surface area contributed by atoms with Gasteiger partial charge in [0.05, 0.1) is 18.9 Å². The molecule has 0 aromatic carbocycles. The number of piperidine rings is 1. The van der Waals surface area contributed by atoms with Crippen LogP contribution in [0.5, 0.6) is 0 Å². The van der Waals surface area contributed by atoms with Gasteiger partial charge in [-0.25, -0.2) is 8.42 Å².